The first-order valence-corrected chi connectivity index (χ1v) is 8.77. The van der Waals surface area contributed by atoms with Crippen LogP contribution in [0.3, 0.4) is 0 Å². The van der Waals surface area contributed by atoms with E-state index in [4.69, 9.17) is 9.47 Å². The normalized spacial score (nSPS) is 10.7. The van der Waals surface area contributed by atoms with E-state index in [1.165, 1.54) is 11.1 Å². The van der Waals surface area contributed by atoms with Gasteiger partial charge in [0.15, 0.2) is 17.5 Å². The molecule has 0 atom stereocenters. The number of ether oxygens (including phenoxy) is 2. The number of aryl methyl sites for hydroxylation is 1. The molecule has 2 rings (SSSR count). The Morgan fingerprint density at radius 1 is 1.04 bits per heavy atom. The predicted molar refractivity (Wildman–Crippen MR) is 121 cm³/mol. The average molecular weight is 534 g/mol. The summed E-state index contributed by atoms with van der Waals surface area (Å²) in [7, 11) is 5.01. The zero-order valence-corrected chi connectivity index (χ0v) is 19.3. The highest BCUT2D eigenvalue weighted by atomic mass is 127. The second kappa shape index (κ2) is 11.3. The number of guanidine groups is 1. The van der Waals surface area contributed by atoms with E-state index in [0.717, 1.165) is 16.0 Å². The van der Waals surface area contributed by atoms with E-state index in [-0.39, 0.29) is 24.0 Å². The van der Waals surface area contributed by atoms with Crippen molar-refractivity contribution in [3.05, 3.63) is 57.6 Å². The zero-order valence-electron chi connectivity index (χ0n) is 15.4. The Labute approximate surface area is 180 Å². The first kappa shape index (κ1) is 22.6. The van der Waals surface area contributed by atoms with Crippen LogP contribution in [0.5, 0.6) is 11.5 Å². The molecule has 2 aromatic rings. The van der Waals surface area contributed by atoms with Gasteiger partial charge in [0.2, 0.25) is 0 Å². The van der Waals surface area contributed by atoms with Gasteiger partial charge in [0.25, 0.3) is 0 Å². The molecule has 0 aliphatic carbocycles. The molecular weight excluding hydrogens is 509 g/mol. The fourth-order valence-corrected chi connectivity index (χ4v) is 2.90. The van der Waals surface area contributed by atoms with Crippen molar-refractivity contribution < 1.29 is 9.47 Å². The van der Waals surface area contributed by atoms with Crippen LogP contribution < -0.4 is 20.1 Å². The van der Waals surface area contributed by atoms with E-state index >= 15 is 0 Å². The number of rotatable bonds is 6. The van der Waals surface area contributed by atoms with Crippen molar-refractivity contribution >= 4 is 45.9 Å². The fourth-order valence-electron chi connectivity index (χ4n) is 2.44. The molecule has 142 valence electrons. The summed E-state index contributed by atoms with van der Waals surface area (Å²) in [6.07, 6.45) is 0. The lowest BCUT2D eigenvalue weighted by molar-refractivity contribution is 0.354. The number of methoxy groups -OCH3 is 2. The van der Waals surface area contributed by atoms with E-state index in [0.29, 0.717) is 24.6 Å². The fraction of sp³-hybridized carbons (Fsp3) is 0.316. The predicted octanol–water partition coefficient (Wildman–Crippen LogP) is 4.26. The lowest BCUT2D eigenvalue weighted by Gasteiger charge is -2.15. The van der Waals surface area contributed by atoms with Gasteiger partial charge in [-0.2, -0.15) is 0 Å². The molecule has 0 aromatic heterocycles. The second-order valence-electron chi connectivity index (χ2n) is 5.57. The lowest BCUT2D eigenvalue weighted by atomic mass is 10.1. The molecule has 0 unspecified atom stereocenters. The van der Waals surface area contributed by atoms with Crippen LogP contribution in [-0.4, -0.2) is 27.2 Å². The maximum Gasteiger partial charge on any atom is 0.191 e. The number of halogens is 2. The summed E-state index contributed by atoms with van der Waals surface area (Å²) in [6.45, 7) is 3.41. The Bertz CT molecular complexity index is 754. The largest absolute Gasteiger partial charge is 0.493 e. The molecule has 2 N–H and O–H groups in total. The van der Waals surface area contributed by atoms with Crippen molar-refractivity contribution in [1.82, 2.24) is 10.6 Å². The number of nitrogens with one attached hydrogen (secondary N) is 2. The van der Waals surface area contributed by atoms with Gasteiger partial charge in [-0.3, -0.25) is 4.99 Å². The quantitative estimate of drug-likeness (QED) is 0.331. The summed E-state index contributed by atoms with van der Waals surface area (Å²) in [5.74, 6) is 2.13. The minimum atomic E-state index is 0. The number of hydrogen-bond acceptors (Lipinski definition) is 3. The molecule has 0 heterocycles. The molecule has 0 spiro atoms. The monoisotopic (exact) mass is 533 g/mol. The Hall–Kier alpha value is -1.48. The van der Waals surface area contributed by atoms with Crippen LogP contribution in [0.4, 0.5) is 0 Å². The molecule has 0 bridgehead atoms. The van der Waals surface area contributed by atoms with Gasteiger partial charge in [-0.25, -0.2) is 0 Å². The molecule has 26 heavy (non-hydrogen) atoms. The van der Waals surface area contributed by atoms with Crippen molar-refractivity contribution in [2.45, 2.75) is 20.0 Å². The molecule has 0 amide bonds. The van der Waals surface area contributed by atoms with E-state index < -0.39 is 0 Å². The summed E-state index contributed by atoms with van der Waals surface area (Å²) in [4.78, 5) is 4.27. The van der Waals surface area contributed by atoms with Crippen molar-refractivity contribution in [2.75, 3.05) is 21.3 Å². The third-order valence-electron chi connectivity index (χ3n) is 3.76. The summed E-state index contributed by atoms with van der Waals surface area (Å²) in [6, 6.07) is 12.3. The van der Waals surface area contributed by atoms with Gasteiger partial charge < -0.3 is 20.1 Å². The maximum absolute atomic E-state index is 5.36. The first-order valence-electron chi connectivity index (χ1n) is 7.97. The van der Waals surface area contributed by atoms with Gasteiger partial charge in [-0.05, 0) is 30.2 Å². The van der Waals surface area contributed by atoms with E-state index in [2.05, 4.69) is 62.7 Å². The number of nitrogens with zero attached hydrogens (tertiary/aromatic N) is 1. The van der Waals surface area contributed by atoms with Gasteiger partial charge in [0.1, 0.15) is 0 Å². The molecule has 0 saturated heterocycles. The summed E-state index contributed by atoms with van der Waals surface area (Å²) < 4.78 is 11.6. The zero-order chi connectivity index (χ0) is 18.2. The molecule has 0 fully saturated rings. The standard InChI is InChI=1S/C19H24BrN3O2.HI/c1-13-6-5-7-14(8-13)11-22-19(21-2)23-12-15-9-17(24-3)18(25-4)10-16(15)20;/h5-10H,11-12H2,1-4H3,(H2,21,22,23);1H. The number of hydrogen-bond donors (Lipinski definition) is 2. The molecule has 0 radical (unpaired) electrons. The first-order chi connectivity index (χ1) is 12.1. The van der Waals surface area contributed by atoms with E-state index in [1.54, 1.807) is 21.3 Å². The Morgan fingerprint density at radius 2 is 1.69 bits per heavy atom. The van der Waals surface area contributed by atoms with Crippen molar-refractivity contribution in [3.63, 3.8) is 0 Å². The third kappa shape index (κ3) is 6.35. The second-order valence-corrected chi connectivity index (χ2v) is 6.42. The molecule has 7 heteroatoms. The molecule has 2 aromatic carbocycles. The van der Waals surface area contributed by atoms with Crippen molar-refractivity contribution in [3.8, 4) is 11.5 Å². The van der Waals surface area contributed by atoms with Gasteiger partial charge in [0.05, 0.1) is 14.2 Å². The highest BCUT2D eigenvalue weighted by molar-refractivity contribution is 14.0. The molecular formula is C19H25BrIN3O2. The van der Waals surface area contributed by atoms with Gasteiger partial charge in [0, 0.05) is 24.6 Å². The van der Waals surface area contributed by atoms with E-state index in [9.17, 15) is 0 Å². The Morgan fingerprint density at radius 3 is 2.31 bits per heavy atom. The Kier molecular flexibility index (Phi) is 9.79. The number of aliphatic imine (C=N–C) groups is 1. The molecule has 0 aliphatic heterocycles. The van der Waals surface area contributed by atoms with Crippen molar-refractivity contribution in [1.29, 1.82) is 0 Å². The average Bonchev–Trinajstić information content (AvgIpc) is 2.62. The highest BCUT2D eigenvalue weighted by Gasteiger charge is 2.10. The number of benzene rings is 2. The summed E-state index contributed by atoms with van der Waals surface area (Å²) >= 11 is 3.57. The van der Waals surface area contributed by atoms with Gasteiger partial charge in [-0.1, -0.05) is 45.8 Å². The lowest BCUT2D eigenvalue weighted by Crippen LogP contribution is -2.36. The van der Waals surface area contributed by atoms with Crippen molar-refractivity contribution in [2.24, 2.45) is 4.99 Å². The minimum absolute atomic E-state index is 0. The van der Waals surface area contributed by atoms with Crippen LogP contribution in [0.15, 0.2) is 45.9 Å². The maximum atomic E-state index is 5.36. The van der Waals surface area contributed by atoms with Crippen LogP contribution in [0.25, 0.3) is 0 Å². The van der Waals surface area contributed by atoms with Crippen LogP contribution in [0.2, 0.25) is 0 Å². The van der Waals surface area contributed by atoms with Crippen LogP contribution >= 0.6 is 39.9 Å². The van der Waals surface area contributed by atoms with Gasteiger partial charge in [-0.15, -0.1) is 24.0 Å². The van der Waals surface area contributed by atoms with E-state index in [1.807, 2.05) is 12.1 Å². The molecule has 0 saturated carbocycles. The smallest absolute Gasteiger partial charge is 0.191 e. The summed E-state index contributed by atoms with van der Waals surface area (Å²) in [5, 5.41) is 6.63. The topological polar surface area (TPSA) is 54.9 Å². The Balaban J connectivity index is 0.00000338. The van der Waals surface area contributed by atoms with Gasteiger partial charge >= 0.3 is 0 Å². The highest BCUT2D eigenvalue weighted by Crippen LogP contribution is 2.33. The summed E-state index contributed by atoms with van der Waals surface area (Å²) in [5.41, 5.74) is 3.52. The third-order valence-corrected chi connectivity index (χ3v) is 4.50. The van der Waals surface area contributed by atoms with Crippen LogP contribution in [-0.2, 0) is 13.1 Å². The molecule has 5 nitrogen and oxygen atoms in total. The minimum Gasteiger partial charge on any atom is -0.493 e. The van der Waals surface area contributed by atoms with Crippen LogP contribution in [0.1, 0.15) is 16.7 Å². The SMILES string of the molecule is CN=C(NCc1cccc(C)c1)NCc1cc(OC)c(OC)cc1Br.I. The molecule has 0 aliphatic rings. The van der Waals surface area contributed by atoms with Crippen LogP contribution in [0, 0.1) is 6.92 Å².